The first-order valence-electron chi connectivity index (χ1n) is 7.61. The van der Waals surface area contributed by atoms with Crippen LogP contribution in [-0.4, -0.2) is 56.2 Å². The van der Waals surface area contributed by atoms with Crippen molar-refractivity contribution >= 4 is 35.8 Å². The number of carbonyl (C=O) groups is 1. The van der Waals surface area contributed by atoms with E-state index in [1.807, 2.05) is 4.90 Å². The van der Waals surface area contributed by atoms with Crippen molar-refractivity contribution in [3.05, 3.63) is 0 Å². The summed E-state index contributed by atoms with van der Waals surface area (Å²) in [5.74, 6) is 0.885. The van der Waals surface area contributed by atoms with E-state index in [2.05, 4.69) is 22.5 Å². The minimum Gasteiger partial charge on any atom is -0.356 e. The molecule has 136 valence electrons. The third-order valence-electron chi connectivity index (χ3n) is 3.57. The molecule has 0 bridgehead atoms. The van der Waals surface area contributed by atoms with Gasteiger partial charge in [-0.05, 0) is 18.8 Å². The van der Waals surface area contributed by atoms with Gasteiger partial charge in [0, 0.05) is 39.6 Å². The third kappa shape index (κ3) is 9.87. The molecule has 2 N–H and O–H groups in total. The first-order chi connectivity index (χ1) is 10.3. The normalized spacial score (nSPS) is 19.1. The molecule has 0 spiro atoms. The van der Waals surface area contributed by atoms with E-state index in [0.717, 1.165) is 25.9 Å². The van der Waals surface area contributed by atoms with Crippen LogP contribution in [0.1, 0.15) is 32.6 Å². The Hall–Kier alpha value is -0.740. The molecule has 0 saturated carbocycles. The van der Waals surface area contributed by atoms with Gasteiger partial charge in [0.05, 0.1) is 6.42 Å². The van der Waals surface area contributed by atoms with Gasteiger partial charge in [0.15, 0.2) is 5.96 Å². The van der Waals surface area contributed by atoms with Gasteiger partial charge in [0.1, 0.15) is 0 Å². The summed E-state index contributed by atoms with van der Waals surface area (Å²) in [6, 6.07) is 0. The molecule has 1 saturated heterocycles. The molecular formula is C14H26F3IN4O. The Morgan fingerprint density at radius 1 is 1.30 bits per heavy atom. The molecule has 0 radical (unpaired) electrons. The number of alkyl halides is 3. The lowest BCUT2D eigenvalue weighted by atomic mass is 10.00. The van der Waals surface area contributed by atoms with Crippen molar-refractivity contribution < 1.29 is 18.0 Å². The molecule has 1 fully saturated rings. The van der Waals surface area contributed by atoms with Gasteiger partial charge in [-0.3, -0.25) is 9.79 Å². The molecule has 1 unspecified atom stereocenters. The second-order valence-electron chi connectivity index (χ2n) is 5.63. The molecule has 23 heavy (non-hydrogen) atoms. The molecule has 9 heteroatoms. The summed E-state index contributed by atoms with van der Waals surface area (Å²) in [5, 5.41) is 5.44. The SMILES string of the molecule is CN=C(NCCC(=O)N1CCCC(C)C1)NCCC(F)(F)F.I. The van der Waals surface area contributed by atoms with Crippen molar-refractivity contribution in [2.45, 2.75) is 38.8 Å². The van der Waals surface area contributed by atoms with Crippen LogP contribution < -0.4 is 10.6 Å². The molecule has 0 aromatic rings. The maximum atomic E-state index is 12.1. The van der Waals surface area contributed by atoms with Gasteiger partial charge in [0.2, 0.25) is 5.91 Å². The minimum atomic E-state index is -4.19. The van der Waals surface area contributed by atoms with E-state index < -0.39 is 12.6 Å². The van der Waals surface area contributed by atoms with E-state index in [-0.39, 0.29) is 42.4 Å². The summed E-state index contributed by atoms with van der Waals surface area (Å²) in [7, 11) is 1.48. The van der Waals surface area contributed by atoms with Crippen molar-refractivity contribution in [3.63, 3.8) is 0 Å². The summed E-state index contributed by atoms with van der Waals surface area (Å²) in [4.78, 5) is 17.7. The zero-order valence-corrected chi connectivity index (χ0v) is 15.9. The zero-order valence-electron chi connectivity index (χ0n) is 13.6. The van der Waals surface area contributed by atoms with Crippen LogP contribution in [0.4, 0.5) is 13.2 Å². The number of nitrogens with one attached hydrogen (secondary N) is 2. The van der Waals surface area contributed by atoms with Crippen molar-refractivity contribution in [2.24, 2.45) is 10.9 Å². The number of rotatable bonds is 5. The first kappa shape index (κ1) is 22.3. The Balaban J connectivity index is 0.00000484. The number of piperidine rings is 1. The van der Waals surface area contributed by atoms with Crippen LogP contribution in [0.15, 0.2) is 4.99 Å². The molecule has 5 nitrogen and oxygen atoms in total. The average Bonchev–Trinajstić information content (AvgIpc) is 2.44. The second-order valence-corrected chi connectivity index (χ2v) is 5.63. The Kier molecular flexibility index (Phi) is 10.6. The van der Waals surface area contributed by atoms with E-state index in [9.17, 15) is 18.0 Å². The van der Waals surface area contributed by atoms with E-state index >= 15 is 0 Å². The minimum absolute atomic E-state index is 0. The van der Waals surface area contributed by atoms with Crippen molar-refractivity contribution in [3.8, 4) is 0 Å². The number of aliphatic imine (C=N–C) groups is 1. The van der Waals surface area contributed by atoms with E-state index in [4.69, 9.17) is 0 Å². The van der Waals surface area contributed by atoms with E-state index in [1.165, 1.54) is 7.05 Å². The highest BCUT2D eigenvalue weighted by atomic mass is 127. The molecule has 0 aromatic carbocycles. The maximum absolute atomic E-state index is 12.1. The lowest BCUT2D eigenvalue weighted by molar-refractivity contribution is -0.133. The molecule has 0 aromatic heterocycles. The predicted molar refractivity (Wildman–Crippen MR) is 95.0 cm³/mol. The molecule has 1 rings (SSSR count). The van der Waals surface area contributed by atoms with Gasteiger partial charge in [-0.15, -0.1) is 24.0 Å². The van der Waals surface area contributed by atoms with Gasteiger partial charge in [0.25, 0.3) is 0 Å². The highest BCUT2D eigenvalue weighted by molar-refractivity contribution is 14.0. The number of hydrogen-bond donors (Lipinski definition) is 2. The second kappa shape index (κ2) is 10.9. The Morgan fingerprint density at radius 3 is 2.52 bits per heavy atom. The summed E-state index contributed by atoms with van der Waals surface area (Å²) in [5.41, 5.74) is 0. The lowest BCUT2D eigenvalue weighted by Crippen LogP contribution is -2.43. The molecule has 1 aliphatic rings. The van der Waals surface area contributed by atoms with E-state index in [0.29, 0.717) is 18.9 Å². The van der Waals surface area contributed by atoms with Crippen LogP contribution in [0, 0.1) is 5.92 Å². The fourth-order valence-corrected chi connectivity index (χ4v) is 2.41. The number of carbonyl (C=O) groups excluding carboxylic acids is 1. The zero-order chi connectivity index (χ0) is 16.6. The first-order valence-corrected chi connectivity index (χ1v) is 7.61. The third-order valence-corrected chi connectivity index (χ3v) is 3.57. The largest absolute Gasteiger partial charge is 0.390 e. The van der Waals surface area contributed by atoms with Crippen molar-refractivity contribution in [2.75, 3.05) is 33.2 Å². The van der Waals surface area contributed by atoms with Gasteiger partial charge >= 0.3 is 6.18 Å². The van der Waals surface area contributed by atoms with E-state index in [1.54, 1.807) is 0 Å². The Labute approximate surface area is 152 Å². The van der Waals surface area contributed by atoms with Gasteiger partial charge in [-0.2, -0.15) is 13.2 Å². The van der Waals surface area contributed by atoms with Crippen molar-refractivity contribution in [1.29, 1.82) is 0 Å². The molecule has 0 aliphatic carbocycles. The lowest BCUT2D eigenvalue weighted by Gasteiger charge is -2.31. The van der Waals surface area contributed by atoms with Gasteiger partial charge in [-0.25, -0.2) is 0 Å². The predicted octanol–water partition coefficient (Wildman–Crippen LogP) is 2.37. The van der Waals surface area contributed by atoms with Crippen LogP contribution in [0.5, 0.6) is 0 Å². The summed E-state index contributed by atoms with van der Waals surface area (Å²) >= 11 is 0. The highest BCUT2D eigenvalue weighted by Gasteiger charge is 2.26. The highest BCUT2D eigenvalue weighted by Crippen LogP contribution is 2.18. The van der Waals surface area contributed by atoms with Gasteiger partial charge in [-0.1, -0.05) is 6.92 Å². The molecule has 1 aliphatic heterocycles. The van der Waals surface area contributed by atoms with Crippen LogP contribution in [0.25, 0.3) is 0 Å². The number of likely N-dealkylation sites (tertiary alicyclic amines) is 1. The molecule has 1 amide bonds. The monoisotopic (exact) mass is 450 g/mol. The van der Waals surface area contributed by atoms with Crippen molar-refractivity contribution in [1.82, 2.24) is 15.5 Å². The molecule has 1 atom stereocenters. The number of halogens is 4. The maximum Gasteiger partial charge on any atom is 0.390 e. The summed E-state index contributed by atoms with van der Waals surface area (Å²) in [6.45, 7) is 3.83. The molecule has 1 heterocycles. The summed E-state index contributed by atoms with van der Waals surface area (Å²) in [6.07, 6.45) is -2.61. The number of guanidine groups is 1. The number of nitrogens with zero attached hydrogens (tertiary/aromatic N) is 2. The molecular weight excluding hydrogens is 424 g/mol. The summed E-state index contributed by atoms with van der Waals surface area (Å²) < 4.78 is 36.2. The van der Waals surface area contributed by atoms with Crippen LogP contribution in [0.3, 0.4) is 0 Å². The quantitative estimate of drug-likeness (QED) is 0.384. The number of hydrogen-bond acceptors (Lipinski definition) is 2. The van der Waals surface area contributed by atoms with Crippen LogP contribution in [0.2, 0.25) is 0 Å². The standard InChI is InChI=1S/C14H25F3N4O.HI/c1-11-4-3-9-21(10-11)12(22)5-7-19-13(18-2)20-8-6-14(15,16)17;/h11H,3-10H2,1-2H3,(H2,18,19,20);1H. The Bertz CT molecular complexity index is 391. The fourth-order valence-electron chi connectivity index (χ4n) is 2.41. The fraction of sp³-hybridized carbons (Fsp3) is 0.857. The smallest absolute Gasteiger partial charge is 0.356 e. The number of amides is 1. The van der Waals surface area contributed by atoms with Gasteiger partial charge < -0.3 is 15.5 Å². The Morgan fingerprint density at radius 2 is 1.96 bits per heavy atom. The topological polar surface area (TPSA) is 56.7 Å². The van der Waals surface area contributed by atoms with Crippen LogP contribution >= 0.6 is 24.0 Å². The van der Waals surface area contributed by atoms with Crippen LogP contribution in [-0.2, 0) is 4.79 Å². The average molecular weight is 450 g/mol.